The number of nitrogens with zero attached hydrogens (tertiary/aromatic N) is 2. The zero-order valence-electron chi connectivity index (χ0n) is 6.64. The molecule has 0 unspecified atom stereocenters. The summed E-state index contributed by atoms with van der Waals surface area (Å²) in [6, 6.07) is 3.81. The van der Waals surface area contributed by atoms with Gasteiger partial charge in [0.05, 0.1) is 0 Å². The molecule has 0 saturated carbocycles. The first-order chi connectivity index (χ1) is 5.83. The van der Waals surface area contributed by atoms with Gasteiger partial charge in [0.2, 0.25) is 0 Å². The Bertz CT molecular complexity index is 258. The Kier molecular flexibility index (Phi) is 3.07. The van der Waals surface area contributed by atoms with Crippen LogP contribution < -0.4 is 5.73 Å². The second kappa shape index (κ2) is 4.33. The molecule has 4 nitrogen and oxygen atoms in total. The smallest absolute Gasteiger partial charge is 0.139 e. The van der Waals surface area contributed by atoms with Gasteiger partial charge in [-0.2, -0.15) is 0 Å². The lowest BCUT2D eigenvalue weighted by atomic mass is 10.1. The molecule has 0 aromatic carbocycles. The van der Waals surface area contributed by atoms with E-state index in [1.165, 1.54) is 0 Å². The van der Waals surface area contributed by atoms with E-state index in [1.54, 1.807) is 12.4 Å². The quantitative estimate of drug-likeness (QED) is 0.300. The minimum Gasteiger partial charge on any atom is -0.409 e. The number of nitrogens with two attached hydrogens (primary N) is 1. The summed E-state index contributed by atoms with van der Waals surface area (Å²) in [7, 11) is 0. The number of oxime groups is 1. The van der Waals surface area contributed by atoms with E-state index in [9.17, 15) is 0 Å². The highest BCUT2D eigenvalue weighted by Gasteiger charge is 1.94. The van der Waals surface area contributed by atoms with Crippen LogP contribution >= 0.6 is 0 Å². The zero-order chi connectivity index (χ0) is 8.81. The summed E-state index contributed by atoms with van der Waals surface area (Å²) in [6.07, 6.45) is 4.79. The predicted molar refractivity (Wildman–Crippen MR) is 46.0 cm³/mol. The van der Waals surface area contributed by atoms with E-state index in [-0.39, 0.29) is 5.84 Å². The summed E-state index contributed by atoms with van der Waals surface area (Å²) in [5.41, 5.74) is 6.44. The van der Waals surface area contributed by atoms with Crippen molar-refractivity contribution in [3.63, 3.8) is 0 Å². The van der Waals surface area contributed by atoms with E-state index in [0.717, 1.165) is 12.0 Å². The van der Waals surface area contributed by atoms with Crippen molar-refractivity contribution in [1.82, 2.24) is 4.98 Å². The Hall–Kier alpha value is -1.58. The number of aryl methyl sites for hydroxylation is 1. The molecule has 0 bridgehead atoms. The van der Waals surface area contributed by atoms with E-state index in [4.69, 9.17) is 10.9 Å². The molecule has 64 valence electrons. The summed E-state index contributed by atoms with van der Waals surface area (Å²) in [5, 5.41) is 11.1. The molecule has 12 heavy (non-hydrogen) atoms. The van der Waals surface area contributed by atoms with Crippen molar-refractivity contribution in [1.29, 1.82) is 0 Å². The van der Waals surface area contributed by atoms with Gasteiger partial charge in [-0.1, -0.05) is 5.16 Å². The maximum absolute atomic E-state index is 8.26. The minimum absolute atomic E-state index is 0.256. The van der Waals surface area contributed by atoms with Crippen LogP contribution in [0, 0.1) is 0 Å². The van der Waals surface area contributed by atoms with Crippen molar-refractivity contribution in [2.24, 2.45) is 10.9 Å². The van der Waals surface area contributed by atoms with Gasteiger partial charge in [-0.3, -0.25) is 4.98 Å². The molecule has 0 atom stereocenters. The fourth-order valence-electron chi connectivity index (χ4n) is 0.872. The standard InChI is InChI=1S/C8H11N3O/c9-8(11-12)2-1-7-3-5-10-6-4-7/h3-6,12H,1-2H2,(H2,9,11). The van der Waals surface area contributed by atoms with Crippen molar-refractivity contribution in [3.05, 3.63) is 30.1 Å². The van der Waals surface area contributed by atoms with Gasteiger partial charge in [0.15, 0.2) is 0 Å². The van der Waals surface area contributed by atoms with E-state index >= 15 is 0 Å². The first kappa shape index (κ1) is 8.52. The molecule has 1 rings (SSSR count). The molecule has 0 radical (unpaired) electrons. The van der Waals surface area contributed by atoms with Crippen LogP contribution in [0.3, 0.4) is 0 Å². The van der Waals surface area contributed by atoms with E-state index in [2.05, 4.69) is 10.1 Å². The summed E-state index contributed by atoms with van der Waals surface area (Å²) >= 11 is 0. The second-order valence-electron chi connectivity index (χ2n) is 2.45. The normalized spacial score (nSPS) is 11.5. The molecule has 1 heterocycles. The van der Waals surface area contributed by atoms with E-state index in [0.29, 0.717) is 6.42 Å². The maximum Gasteiger partial charge on any atom is 0.139 e. The van der Waals surface area contributed by atoms with Crippen LogP contribution in [0.15, 0.2) is 29.7 Å². The Morgan fingerprint density at radius 1 is 1.50 bits per heavy atom. The summed E-state index contributed by atoms with van der Waals surface area (Å²) in [4.78, 5) is 3.88. The molecular formula is C8H11N3O. The fraction of sp³-hybridized carbons (Fsp3) is 0.250. The molecule has 1 aromatic rings. The molecule has 0 amide bonds. The van der Waals surface area contributed by atoms with Gasteiger partial charge in [0, 0.05) is 18.8 Å². The zero-order valence-corrected chi connectivity index (χ0v) is 6.64. The second-order valence-corrected chi connectivity index (χ2v) is 2.45. The van der Waals surface area contributed by atoms with Crippen molar-refractivity contribution in [2.45, 2.75) is 12.8 Å². The molecule has 0 aliphatic heterocycles. The summed E-state index contributed by atoms with van der Waals surface area (Å²) in [5.74, 6) is 0.256. The van der Waals surface area contributed by atoms with E-state index in [1.807, 2.05) is 12.1 Å². The number of hydrogen-bond acceptors (Lipinski definition) is 3. The number of amidine groups is 1. The highest BCUT2D eigenvalue weighted by Crippen LogP contribution is 1.99. The van der Waals surface area contributed by atoms with Gasteiger partial charge < -0.3 is 10.9 Å². The number of aromatic nitrogens is 1. The van der Waals surface area contributed by atoms with Crippen LogP contribution in [0.1, 0.15) is 12.0 Å². The molecule has 0 saturated heterocycles. The number of rotatable bonds is 3. The van der Waals surface area contributed by atoms with Crippen molar-refractivity contribution < 1.29 is 5.21 Å². The Morgan fingerprint density at radius 3 is 2.75 bits per heavy atom. The van der Waals surface area contributed by atoms with Gasteiger partial charge in [0.1, 0.15) is 5.84 Å². The highest BCUT2D eigenvalue weighted by molar-refractivity contribution is 5.79. The third-order valence-electron chi connectivity index (χ3n) is 1.55. The van der Waals surface area contributed by atoms with Crippen LogP contribution in [0.2, 0.25) is 0 Å². The largest absolute Gasteiger partial charge is 0.409 e. The van der Waals surface area contributed by atoms with Gasteiger partial charge in [0.25, 0.3) is 0 Å². The predicted octanol–water partition coefficient (Wildman–Crippen LogP) is 0.761. The van der Waals surface area contributed by atoms with E-state index < -0.39 is 0 Å². The van der Waals surface area contributed by atoms with Crippen molar-refractivity contribution >= 4 is 5.84 Å². The summed E-state index contributed by atoms with van der Waals surface area (Å²) in [6.45, 7) is 0. The first-order valence-corrected chi connectivity index (χ1v) is 3.68. The lowest BCUT2D eigenvalue weighted by Crippen LogP contribution is -2.12. The van der Waals surface area contributed by atoms with Crippen molar-refractivity contribution in [2.75, 3.05) is 0 Å². The molecule has 0 aliphatic rings. The van der Waals surface area contributed by atoms with Gasteiger partial charge >= 0.3 is 0 Å². The monoisotopic (exact) mass is 165 g/mol. The summed E-state index contributed by atoms with van der Waals surface area (Å²) < 4.78 is 0. The molecule has 3 N–H and O–H groups in total. The number of hydrogen-bond donors (Lipinski definition) is 2. The lowest BCUT2D eigenvalue weighted by molar-refractivity contribution is 0.317. The third-order valence-corrected chi connectivity index (χ3v) is 1.55. The van der Waals surface area contributed by atoms with Gasteiger partial charge in [-0.15, -0.1) is 0 Å². The molecular weight excluding hydrogens is 154 g/mol. The lowest BCUT2D eigenvalue weighted by Gasteiger charge is -1.98. The van der Waals surface area contributed by atoms with Crippen LogP contribution in [0.25, 0.3) is 0 Å². The van der Waals surface area contributed by atoms with Crippen LogP contribution in [0.4, 0.5) is 0 Å². The van der Waals surface area contributed by atoms with Gasteiger partial charge in [-0.25, -0.2) is 0 Å². The fourth-order valence-corrected chi connectivity index (χ4v) is 0.872. The van der Waals surface area contributed by atoms with Crippen LogP contribution in [-0.2, 0) is 6.42 Å². The molecule has 0 fully saturated rings. The third kappa shape index (κ3) is 2.57. The average molecular weight is 165 g/mol. The topological polar surface area (TPSA) is 71.5 Å². The molecule has 0 aliphatic carbocycles. The molecule has 0 spiro atoms. The maximum atomic E-state index is 8.26. The Balaban J connectivity index is 2.44. The molecule has 4 heteroatoms. The average Bonchev–Trinajstić information content (AvgIpc) is 2.16. The minimum atomic E-state index is 0.256. The van der Waals surface area contributed by atoms with Crippen molar-refractivity contribution in [3.8, 4) is 0 Å². The highest BCUT2D eigenvalue weighted by atomic mass is 16.4. The van der Waals surface area contributed by atoms with Crippen LogP contribution in [-0.4, -0.2) is 16.0 Å². The SMILES string of the molecule is N/C(CCc1ccncc1)=N\O. The Morgan fingerprint density at radius 2 is 2.17 bits per heavy atom. The first-order valence-electron chi connectivity index (χ1n) is 3.68. The van der Waals surface area contributed by atoms with Crippen LogP contribution in [0.5, 0.6) is 0 Å². The van der Waals surface area contributed by atoms with Gasteiger partial charge in [-0.05, 0) is 24.1 Å². The Labute approximate surface area is 70.7 Å². The number of pyridine rings is 1. The molecule has 1 aromatic heterocycles.